The molecule has 1 aliphatic heterocycles. The Morgan fingerprint density at radius 3 is 2.58 bits per heavy atom. The van der Waals surface area contributed by atoms with E-state index < -0.39 is 0 Å². The topological polar surface area (TPSA) is 41.4 Å². The van der Waals surface area contributed by atoms with E-state index in [-0.39, 0.29) is 5.91 Å². The summed E-state index contributed by atoms with van der Waals surface area (Å²) < 4.78 is 1.77. The SMILES string of the molecule is Cc1ccc(Cl)cc1N1CCN(C(=O)c2nn(C)c3ccccc23)CC1. The number of carbonyl (C=O) groups is 1. The molecule has 1 aliphatic rings. The molecule has 0 spiro atoms. The van der Waals surface area contributed by atoms with Crippen LogP contribution in [0.25, 0.3) is 10.9 Å². The number of aryl methyl sites for hydroxylation is 2. The molecule has 1 saturated heterocycles. The van der Waals surface area contributed by atoms with Crippen molar-refractivity contribution in [2.45, 2.75) is 6.92 Å². The smallest absolute Gasteiger partial charge is 0.275 e. The summed E-state index contributed by atoms with van der Waals surface area (Å²) in [4.78, 5) is 17.2. The molecule has 0 unspecified atom stereocenters. The van der Waals surface area contributed by atoms with Gasteiger partial charge in [0.15, 0.2) is 5.69 Å². The zero-order valence-corrected chi connectivity index (χ0v) is 15.7. The Morgan fingerprint density at radius 1 is 1.08 bits per heavy atom. The number of para-hydroxylation sites is 1. The van der Waals surface area contributed by atoms with Gasteiger partial charge in [-0.05, 0) is 30.7 Å². The minimum absolute atomic E-state index is 0.00395. The fraction of sp³-hybridized carbons (Fsp3) is 0.300. The van der Waals surface area contributed by atoms with Gasteiger partial charge >= 0.3 is 0 Å². The minimum Gasteiger partial charge on any atom is -0.368 e. The quantitative estimate of drug-likeness (QED) is 0.695. The minimum atomic E-state index is 0.00395. The molecule has 0 aliphatic carbocycles. The molecule has 0 atom stereocenters. The van der Waals surface area contributed by atoms with Crippen LogP contribution < -0.4 is 4.90 Å². The van der Waals surface area contributed by atoms with Crippen molar-refractivity contribution in [1.82, 2.24) is 14.7 Å². The molecule has 5 nitrogen and oxygen atoms in total. The molecule has 2 heterocycles. The molecular formula is C20H21ClN4O. The van der Waals surface area contributed by atoms with Crippen molar-refractivity contribution in [2.24, 2.45) is 7.05 Å². The average molecular weight is 369 g/mol. The second kappa shape index (κ2) is 6.65. The summed E-state index contributed by atoms with van der Waals surface area (Å²) in [7, 11) is 1.87. The molecular weight excluding hydrogens is 348 g/mol. The molecule has 0 saturated carbocycles. The van der Waals surface area contributed by atoms with Crippen LogP contribution in [-0.4, -0.2) is 46.8 Å². The summed E-state index contributed by atoms with van der Waals surface area (Å²) in [5.41, 5.74) is 3.86. The summed E-state index contributed by atoms with van der Waals surface area (Å²) in [5, 5.41) is 6.11. The number of hydrogen-bond acceptors (Lipinski definition) is 3. The Hall–Kier alpha value is -2.53. The molecule has 134 valence electrons. The van der Waals surface area contributed by atoms with Crippen molar-refractivity contribution in [3.05, 3.63) is 58.7 Å². The van der Waals surface area contributed by atoms with E-state index in [1.54, 1.807) is 4.68 Å². The summed E-state index contributed by atoms with van der Waals surface area (Å²) in [5.74, 6) is 0.00395. The lowest BCUT2D eigenvalue weighted by Crippen LogP contribution is -2.49. The van der Waals surface area contributed by atoms with Gasteiger partial charge in [0.1, 0.15) is 0 Å². The van der Waals surface area contributed by atoms with Crippen molar-refractivity contribution >= 4 is 34.1 Å². The van der Waals surface area contributed by atoms with Crippen molar-refractivity contribution in [3.63, 3.8) is 0 Å². The van der Waals surface area contributed by atoms with Crippen LogP contribution in [0.1, 0.15) is 16.1 Å². The summed E-state index contributed by atoms with van der Waals surface area (Å²) in [6.45, 7) is 5.02. The fourth-order valence-corrected chi connectivity index (χ4v) is 3.76. The van der Waals surface area contributed by atoms with Gasteiger partial charge in [-0.3, -0.25) is 9.48 Å². The number of halogens is 1. The highest BCUT2D eigenvalue weighted by Crippen LogP contribution is 2.26. The van der Waals surface area contributed by atoms with Crippen molar-refractivity contribution < 1.29 is 4.79 Å². The van der Waals surface area contributed by atoms with Crippen molar-refractivity contribution in [3.8, 4) is 0 Å². The van der Waals surface area contributed by atoms with Crippen LogP contribution >= 0.6 is 11.6 Å². The number of rotatable bonds is 2. The van der Waals surface area contributed by atoms with Crippen LogP contribution in [0, 0.1) is 6.92 Å². The van der Waals surface area contributed by atoms with Gasteiger partial charge in [-0.25, -0.2) is 0 Å². The molecule has 1 fully saturated rings. The first kappa shape index (κ1) is 16.9. The Balaban J connectivity index is 1.52. The van der Waals surface area contributed by atoms with E-state index in [1.807, 2.05) is 54.4 Å². The Morgan fingerprint density at radius 2 is 1.81 bits per heavy atom. The van der Waals surface area contributed by atoms with E-state index in [1.165, 1.54) is 5.56 Å². The third-order valence-electron chi connectivity index (χ3n) is 5.04. The second-order valence-electron chi connectivity index (χ2n) is 6.70. The molecule has 3 aromatic rings. The second-order valence-corrected chi connectivity index (χ2v) is 7.14. The molecule has 1 aromatic heterocycles. The van der Waals surface area contributed by atoms with E-state index in [9.17, 15) is 4.79 Å². The summed E-state index contributed by atoms with van der Waals surface area (Å²) >= 11 is 6.15. The monoisotopic (exact) mass is 368 g/mol. The Kier molecular flexibility index (Phi) is 4.32. The highest BCUT2D eigenvalue weighted by molar-refractivity contribution is 6.30. The molecule has 0 bridgehead atoms. The van der Waals surface area contributed by atoms with Gasteiger partial charge in [0.05, 0.1) is 5.52 Å². The first-order valence-electron chi connectivity index (χ1n) is 8.77. The molecule has 1 amide bonds. The zero-order chi connectivity index (χ0) is 18.3. The lowest BCUT2D eigenvalue weighted by atomic mass is 10.1. The average Bonchev–Trinajstić information content (AvgIpc) is 3.00. The van der Waals surface area contributed by atoms with Gasteiger partial charge in [0.2, 0.25) is 0 Å². The summed E-state index contributed by atoms with van der Waals surface area (Å²) in [6.07, 6.45) is 0. The van der Waals surface area contributed by atoms with Crippen LogP contribution in [0.15, 0.2) is 42.5 Å². The number of benzene rings is 2. The number of piperazine rings is 1. The third kappa shape index (κ3) is 2.92. The van der Waals surface area contributed by atoms with Gasteiger partial charge in [-0.2, -0.15) is 5.10 Å². The van der Waals surface area contributed by atoms with Gasteiger partial charge < -0.3 is 9.80 Å². The van der Waals surface area contributed by atoms with Crippen molar-refractivity contribution in [2.75, 3.05) is 31.1 Å². The maximum absolute atomic E-state index is 13.0. The lowest BCUT2D eigenvalue weighted by Gasteiger charge is -2.36. The maximum Gasteiger partial charge on any atom is 0.275 e. The van der Waals surface area contributed by atoms with Crippen LogP contribution in [0.2, 0.25) is 5.02 Å². The molecule has 26 heavy (non-hydrogen) atoms. The molecule has 0 N–H and O–H groups in total. The van der Waals surface area contributed by atoms with Gasteiger partial charge in [-0.1, -0.05) is 35.9 Å². The van der Waals surface area contributed by atoms with Crippen LogP contribution in [0.4, 0.5) is 5.69 Å². The van der Waals surface area contributed by atoms with Gasteiger partial charge in [-0.15, -0.1) is 0 Å². The van der Waals surface area contributed by atoms with E-state index in [4.69, 9.17) is 11.6 Å². The largest absolute Gasteiger partial charge is 0.368 e. The number of hydrogen-bond donors (Lipinski definition) is 0. The van der Waals surface area contributed by atoms with Crippen LogP contribution in [0.3, 0.4) is 0 Å². The van der Waals surface area contributed by atoms with Crippen LogP contribution in [0.5, 0.6) is 0 Å². The number of nitrogens with zero attached hydrogens (tertiary/aromatic N) is 4. The molecule has 6 heteroatoms. The standard InChI is InChI=1S/C20H21ClN4O/c1-14-7-8-15(21)13-18(14)24-9-11-25(12-10-24)20(26)19-16-5-3-4-6-17(16)23(2)22-19/h3-8,13H,9-12H2,1-2H3. The Labute approximate surface area is 157 Å². The number of fused-ring (bicyclic) bond motifs is 1. The van der Waals surface area contributed by atoms with Gasteiger partial charge in [0, 0.05) is 49.3 Å². The highest BCUT2D eigenvalue weighted by Gasteiger charge is 2.26. The predicted molar refractivity (Wildman–Crippen MR) is 105 cm³/mol. The number of carbonyl (C=O) groups excluding carboxylic acids is 1. The predicted octanol–water partition coefficient (Wildman–Crippen LogP) is 3.50. The number of amides is 1. The van der Waals surface area contributed by atoms with Gasteiger partial charge in [0.25, 0.3) is 5.91 Å². The third-order valence-corrected chi connectivity index (χ3v) is 5.27. The van der Waals surface area contributed by atoms with E-state index in [0.29, 0.717) is 18.8 Å². The fourth-order valence-electron chi connectivity index (χ4n) is 3.60. The van der Waals surface area contributed by atoms with Crippen molar-refractivity contribution in [1.29, 1.82) is 0 Å². The highest BCUT2D eigenvalue weighted by atomic mass is 35.5. The first-order chi connectivity index (χ1) is 12.5. The van der Waals surface area contributed by atoms with Crippen LogP contribution in [-0.2, 0) is 7.05 Å². The number of aromatic nitrogens is 2. The zero-order valence-electron chi connectivity index (χ0n) is 14.9. The van der Waals surface area contributed by atoms with E-state index in [0.717, 1.165) is 34.7 Å². The molecule has 2 aromatic carbocycles. The molecule has 4 rings (SSSR count). The number of anilines is 1. The first-order valence-corrected chi connectivity index (χ1v) is 9.14. The molecule has 0 radical (unpaired) electrons. The Bertz CT molecular complexity index is 973. The summed E-state index contributed by atoms with van der Waals surface area (Å²) in [6, 6.07) is 13.8. The van der Waals surface area contributed by atoms with E-state index in [2.05, 4.69) is 16.9 Å². The lowest BCUT2D eigenvalue weighted by molar-refractivity contribution is 0.0742. The normalized spacial score (nSPS) is 14.9. The van der Waals surface area contributed by atoms with E-state index >= 15 is 0 Å². The maximum atomic E-state index is 13.0.